The number of hydrogen-bond donors (Lipinski definition) is 0. The maximum atomic E-state index is 2.45. The first-order chi connectivity index (χ1) is 14.5. The molecule has 0 aromatic heterocycles. The topological polar surface area (TPSA) is 13.0 Å². The minimum atomic E-state index is 1.02. The number of nitrogens with zero attached hydrogens (tertiary/aromatic N) is 4. The predicted octanol–water partition coefficient (Wildman–Crippen LogP) is 3.91. The summed E-state index contributed by atoms with van der Waals surface area (Å²) in [5, 5.41) is 0. The molecule has 2 aromatic carbocycles. The van der Waals surface area contributed by atoms with E-state index in [-0.39, 0.29) is 0 Å². The summed E-state index contributed by atoms with van der Waals surface area (Å²) in [5.41, 5.74) is 5.68. The van der Waals surface area contributed by atoms with Crippen LogP contribution in [0.4, 0.5) is 0 Å². The Morgan fingerprint density at radius 3 is 1.00 bits per heavy atom. The Hall–Kier alpha value is -1.72. The number of hydrogen-bond acceptors (Lipinski definition) is 4. The lowest BCUT2D eigenvalue weighted by Crippen LogP contribution is -2.26. The van der Waals surface area contributed by atoms with Crippen molar-refractivity contribution in [3.63, 3.8) is 0 Å². The van der Waals surface area contributed by atoms with E-state index in [9.17, 15) is 0 Å². The van der Waals surface area contributed by atoms with Gasteiger partial charge in [-0.2, -0.15) is 0 Å². The summed E-state index contributed by atoms with van der Waals surface area (Å²) >= 11 is 0. The fraction of sp³-hybridized carbons (Fsp3) is 0.538. The molecule has 0 atom stereocenters. The highest BCUT2D eigenvalue weighted by Crippen LogP contribution is 2.13. The van der Waals surface area contributed by atoms with Gasteiger partial charge in [-0.15, -0.1) is 0 Å². The van der Waals surface area contributed by atoms with Crippen molar-refractivity contribution in [2.45, 2.75) is 39.0 Å². The number of fused-ring (bicyclic) bond motifs is 4. The SMILES string of the molecule is CN1CCCN(C)Cc2cccc(c2)CN(C)CCCN(C)Cc2cccc(c2)C1. The molecule has 0 aliphatic carbocycles. The fourth-order valence-electron chi connectivity index (χ4n) is 4.44. The van der Waals surface area contributed by atoms with E-state index in [1.807, 2.05) is 0 Å². The lowest BCUT2D eigenvalue weighted by atomic mass is 10.1. The summed E-state index contributed by atoms with van der Waals surface area (Å²) in [5.74, 6) is 0. The zero-order chi connectivity index (χ0) is 21.3. The second-order valence-corrected chi connectivity index (χ2v) is 9.30. The molecule has 0 radical (unpaired) electrons. The summed E-state index contributed by atoms with van der Waals surface area (Å²) in [6.45, 7) is 8.58. The van der Waals surface area contributed by atoms with Crippen LogP contribution in [0.1, 0.15) is 35.1 Å². The van der Waals surface area contributed by atoms with E-state index < -0.39 is 0 Å². The quantitative estimate of drug-likeness (QED) is 0.655. The lowest BCUT2D eigenvalue weighted by molar-refractivity contribution is 0.266. The van der Waals surface area contributed by atoms with Crippen LogP contribution in [-0.4, -0.2) is 74.0 Å². The Bertz CT molecular complexity index is 655. The molecule has 0 fully saturated rings. The molecule has 0 spiro atoms. The summed E-state index contributed by atoms with van der Waals surface area (Å²) in [6, 6.07) is 18.3. The van der Waals surface area contributed by atoms with Crippen LogP contribution in [0, 0.1) is 0 Å². The summed E-state index contributed by atoms with van der Waals surface area (Å²) in [6.07, 6.45) is 2.38. The molecule has 0 N–H and O–H groups in total. The Morgan fingerprint density at radius 1 is 0.467 bits per heavy atom. The third-order valence-electron chi connectivity index (χ3n) is 5.95. The van der Waals surface area contributed by atoms with E-state index in [1.165, 1.54) is 35.1 Å². The van der Waals surface area contributed by atoms with Crippen molar-refractivity contribution >= 4 is 0 Å². The Morgan fingerprint density at radius 2 is 0.733 bits per heavy atom. The van der Waals surface area contributed by atoms with Crippen LogP contribution in [0.15, 0.2) is 48.5 Å². The molecule has 1 aliphatic rings. The molecule has 0 saturated heterocycles. The first-order valence-corrected chi connectivity index (χ1v) is 11.4. The minimum absolute atomic E-state index is 1.02. The molecule has 0 amide bonds. The average molecular weight is 409 g/mol. The number of benzene rings is 2. The molecule has 0 saturated carbocycles. The maximum absolute atomic E-state index is 2.45. The Balaban J connectivity index is 1.68. The smallest absolute Gasteiger partial charge is 0.0230 e. The van der Waals surface area contributed by atoms with Crippen molar-refractivity contribution in [1.29, 1.82) is 0 Å². The first kappa shape index (κ1) is 23.0. The van der Waals surface area contributed by atoms with Gasteiger partial charge in [0.2, 0.25) is 0 Å². The molecule has 3 rings (SSSR count). The van der Waals surface area contributed by atoms with Gasteiger partial charge in [0, 0.05) is 26.2 Å². The average Bonchev–Trinajstić information content (AvgIpc) is 2.67. The summed E-state index contributed by atoms with van der Waals surface area (Å²) in [4.78, 5) is 9.80. The lowest BCUT2D eigenvalue weighted by Gasteiger charge is -2.23. The van der Waals surface area contributed by atoms with Gasteiger partial charge in [-0.05, 0) is 89.5 Å². The molecular weight excluding hydrogens is 368 g/mol. The van der Waals surface area contributed by atoms with E-state index >= 15 is 0 Å². The molecule has 1 aliphatic heterocycles. The van der Waals surface area contributed by atoms with Gasteiger partial charge < -0.3 is 19.6 Å². The molecule has 4 bridgehead atoms. The highest BCUT2D eigenvalue weighted by Gasteiger charge is 2.08. The summed E-state index contributed by atoms with van der Waals surface area (Å²) < 4.78 is 0. The fourth-order valence-corrected chi connectivity index (χ4v) is 4.44. The maximum Gasteiger partial charge on any atom is 0.0230 e. The molecule has 4 heteroatoms. The molecular formula is C26H40N4. The monoisotopic (exact) mass is 408 g/mol. The molecule has 30 heavy (non-hydrogen) atoms. The zero-order valence-electron chi connectivity index (χ0n) is 19.5. The third kappa shape index (κ3) is 7.84. The third-order valence-corrected chi connectivity index (χ3v) is 5.95. The van der Waals surface area contributed by atoms with Crippen LogP contribution in [0.5, 0.6) is 0 Å². The predicted molar refractivity (Wildman–Crippen MR) is 127 cm³/mol. The van der Waals surface area contributed by atoms with E-state index in [2.05, 4.69) is 96.3 Å². The molecule has 0 unspecified atom stereocenters. The van der Waals surface area contributed by atoms with E-state index in [0.29, 0.717) is 0 Å². The van der Waals surface area contributed by atoms with Crippen LogP contribution in [0.2, 0.25) is 0 Å². The van der Waals surface area contributed by atoms with Gasteiger partial charge in [-0.3, -0.25) is 0 Å². The zero-order valence-corrected chi connectivity index (χ0v) is 19.5. The van der Waals surface area contributed by atoms with Crippen molar-refractivity contribution < 1.29 is 0 Å². The van der Waals surface area contributed by atoms with Crippen LogP contribution >= 0.6 is 0 Å². The standard InChI is InChI=1S/C26H40N4/c1-27-13-7-14-28(2)21-25-11-6-12-26(18-25)22-30(4)16-8-15-29(3)20-24-10-5-9-23(17-24)19-27/h5-6,9-12,17-18H,7-8,13-16,19-22H2,1-4H3. The second kappa shape index (κ2) is 11.6. The largest absolute Gasteiger partial charge is 0.302 e. The van der Waals surface area contributed by atoms with Gasteiger partial charge >= 0.3 is 0 Å². The van der Waals surface area contributed by atoms with Gasteiger partial charge in [0.1, 0.15) is 0 Å². The Kier molecular flexibility index (Phi) is 8.88. The summed E-state index contributed by atoms with van der Waals surface area (Å²) in [7, 11) is 8.96. The number of rotatable bonds is 0. The first-order valence-electron chi connectivity index (χ1n) is 11.4. The van der Waals surface area contributed by atoms with E-state index in [4.69, 9.17) is 0 Å². The van der Waals surface area contributed by atoms with Crippen molar-refractivity contribution in [2.75, 3.05) is 54.4 Å². The van der Waals surface area contributed by atoms with Crippen molar-refractivity contribution in [3.05, 3.63) is 70.8 Å². The van der Waals surface area contributed by atoms with Gasteiger partial charge in [0.15, 0.2) is 0 Å². The highest BCUT2D eigenvalue weighted by atomic mass is 15.1. The van der Waals surface area contributed by atoms with Gasteiger partial charge in [0.05, 0.1) is 0 Å². The van der Waals surface area contributed by atoms with Gasteiger partial charge in [-0.1, -0.05) is 48.5 Å². The van der Waals surface area contributed by atoms with E-state index in [1.54, 1.807) is 0 Å². The van der Waals surface area contributed by atoms with Crippen molar-refractivity contribution in [1.82, 2.24) is 19.6 Å². The molecule has 4 nitrogen and oxygen atoms in total. The van der Waals surface area contributed by atoms with Crippen LogP contribution < -0.4 is 0 Å². The minimum Gasteiger partial charge on any atom is -0.302 e. The van der Waals surface area contributed by atoms with Crippen LogP contribution in [-0.2, 0) is 26.2 Å². The molecule has 2 aromatic rings. The van der Waals surface area contributed by atoms with Crippen LogP contribution in [0.3, 0.4) is 0 Å². The highest BCUT2D eigenvalue weighted by molar-refractivity contribution is 5.24. The second-order valence-electron chi connectivity index (χ2n) is 9.30. The molecule has 164 valence electrons. The van der Waals surface area contributed by atoms with Gasteiger partial charge in [0.25, 0.3) is 0 Å². The van der Waals surface area contributed by atoms with Crippen molar-refractivity contribution in [3.8, 4) is 0 Å². The normalized spacial score (nSPS) is 20.1. The van der Waals surface area contributed by atoms with Gasteiger partial charge in [-0.25, -0.2) is 0 Å². The molecule has 1 heterocycles. The Labute approximate surface area is 184 Å². The van der Waals surface area contributed by atoms with Crippen molar-refractivity contribution in [2.24, 2.45) is 0 Å². The van der Waals surface area contributed by atoms with E-state index in [0.717, 1.165) is 52.4 Å². The van der Waals surface area contributed by atoms with Crippen LogP contribution in [0.25, 0.3) is 0 Å².